The standard InChI is InChI=1S/C21H26N2O6/c24-17-11-21(29-18-4-2-1-3-16(17)18)6-5-20(26)23(8-7-21)13-19(25)22-12-15-14-27-9-10-28-15/h1-4,15H,5-14H2,(H,22,25)/t15-,21+/m1/s1. The fourth-order valence-electron chi connectivity index (χ4n) is 4.08. The van der Waals surface area contributed by atoms with Crippen LogP contribution in [0, 0.1) is 0 Å². The first kappa shape index (κ1) is 19.8. The summed E-state index contributed by atoms with van der Waals surface area (Å²) in [5, 5.41) is 2.81. The fourth-order valence-corrected chi connectivity index (χ4v) is 4.08. The van der Waals surface area contributed by atoms with Crippen LogP contribution >= 0.6 is 0 Å². The molecule has 1 spiro atoms. The molecule has 3 aliphatic heterocycles. The summed E-state index contributed by atoms with van der Waals surface area (Å²) >= 11 is 0. The Kier molecular flexibility index (Phi) is 5.82. The van der Waals surface area contributed by atoms with E-state index in [2.05, 4.69) is 5.32 Å². The number of hydrogen-bond acceptors (Lipinski definition) is 6. The average Bonchev–Trinajstić information content (AvgIpc) is 2.87. The molecule has 0 aromatic heterocycles. The van der Waals surface area contributed by atoms with Crippen molar-refractivity contribution in [2.45, 2.75) is 37.4 Å². The lowest BCUT2D eigenvalue weighted by Gasteiger charge is -2.37. The van der Waals surface area contributed by atoms with Crippen molar-refractivity contribution in [3.8, 4) is 5.75 Å². The van der Waals surface area contributed by atoms with Crippen LogP contribution in [0.3, 0.4) is 0 Å². The van der Waals surface area contributed by atoms with Crippen LogP contribution in [-0.4, -0.2) is 73.7 Å². The molecule has 29 heavy (non-hydrogen) atoms. The Labute approximate surface area is 169 Å². The van der Waals surface area contributed by atoms with Gasteiger partial charge >= 0.3 is 0 Å². The van der Waals surface area contributed by atoms with Crippen LogP contribution in [0.2, 0.25) is 0 Å². The number of ether oxygens (including phenoxy) is 3. The third kappa shape index (κ3) is 4.59. The van der Waals surface area contributed by atoms with E-state index in [1.807, 2.05) is 12.1 Å². The number of carbonyl (C=O) groups excluding carboxylic acids is 3. The van der Waals surface area contributed by atoms with Gasteiger partial charge in [-0.2, -0.15) is 0 Å². The lowest BCUT2D eigenvalue weighted by molar-refractivity contribution is -0.136. The number of nitrogens with one attached hydrogen (secondary N) is 1. The number of ketones is 1. The lowest BCUT2D eigenvalue weighted by atomic mass is 9.84. The van der Waals surface area contributed by atoms with Gasteiger partial charge in [-0.25, -0.2) is 0 Å². The van der Waals surface area contributed by atoms with Crippen LogP contribution in [0.1, 0.15) is 36.0 Å². The van der Waals surface area contributed by atoms with Crippen LogP contribution in [0.5, 0.6) is 5.75 Å². The van der Waals surface area contributed by atoms with Crippen LogP contribution in [0.4, 0.5) is 0 Å². The first-order valence-electron chi connectivity index (χ1n) is 10.1. The third-order valence-corrected chi connectivity index (χ3v) is 5.73. The zero-order chi connectivity index (χ0) is 20.3. The van der Waals surface area contributed by atoms with E-state index >= 15 is 0 Å². The van der Waals surface area contributed by atoms with Gasteiger partial charge in [0.05, 0.1) is 44.5 Å². The molecule has 0 bridgehead atoms. The molecule has 0 aliphatic carbocycles. The van der Waals surface area contributed by atoms with E-state index in [0.717, 1.165) is 0 Å². The van der Waals surface area contributed by atoms with Gasteiger partial charge in [0, 0.05) is 25.9 Å². The zero-order valence-corrected chi connectivity index (χ0v) is 16.4. The highest BCUT2D eigenvalue weighted by Gasteiger charge is 2.43. The summed E-state index contributed by atoms with van der Waals surface area (Å²) in [5.74, 6) is 0.302. The van der Waals surface area contributed by atoms with Crippen molar-refractivity contribution in [1.29, 1.82) is 0 Å². The first-order valence-corrected chi connectivity index (χ1v) is 10.1. The second kappa shape index (κ2) is 8.51. The molecule has 2 saturated heterocycles. The van der Waals surface area contributed by atoms with Crippen LogP contribution in [0.25, 0.3) is 0 Å². The Hall–Kier alpha value is -2.45. The van der Waals surface area contributed by atoms with Gasteiger partial charge in [0.1, 0.15) is 11.4 Å². The molecule has 4 rings (SSSR count). The number of carbonyl (C=O) groups is 3. The quantitative estimate of drug-likeness (QED) is 0.806. The van der Waals surface area contributed by atoms with E-state index in [1.165, 1.54) is 0 Å². The van der Waals surface area contributed by atoms with Crippen molar-refractivity contribution in [2.24, 2.45) is 0 Å². The molecule has 0 radical (unpaired) electrons. The maximum Gasteiger partial charge on any atom is 0.239 e. The SMILES string of the molecule is O=C(CN1CC[C@@]2(CCC1=O)CC(=O)c1ccccc1O2)NC[C@@H]1COCCO1. The topological polar surface area (TPSA) is 94.2 Å². The minimum atomic E-state index is -0.681. The number of benzene rings is 1. The van der Waals surface area contributed by atoms with Gasteiger partial charge in [-0.3, -0.25) is 14.4 Å². The number of amides is 2. The highest BCUT2D eigenvalue weighted by Crippen LogP contribution is 2.39. The maximum atomic E-state index is 12.6. The summed E-state index contributed by atoms with van der Waals surface area (Å²) in [6.45, 7) is 2.29. The Balaban J connectivity index is 1.34. The second-order valence-corrected chi connectivity index (χ2v) is 7.82. The van der Waals surface area contributed by atoms with Crippen LogP contribution < -0.4 is 10.1 Å². The van der Waals surface area contributed by atoms with Gasteiger partial charge in [-0.1, -0.05) is 12.1 Å². The van der Waals surface area contributed by atoms with E-state index in [-0.39, 0.29) is 43.1 Å². The Morgan fingerprint density at radius 3 is 2.90 bits per heavy atom. The number of likely N-dealkylation sites (tertiary alicyclic amines) is 1. The number of hydrogen-bond donors (Lipinski definition) is 1. The second-order valence-electron chi connectivity index (χ2n) is 7.82. The smallest absolute Gasteiger partial charge is 0.239 e. The molecular weight excluding hydrogens is 376 g/mol. The predicted molar refractivity (Wildman–Crippen MR) is 103 cm³/mol. The Morgan fingerprint density at radius 2 is 2.07 bits per heavy atom. The summed E-state index contributed by atoms with van der Waals surface area (Å²) < 4.78 is 17.0. The van der Waals surface area contributed by atoms with Crippen molar-refractivity contribution in [1.82, 2.24) is 10.2 Å². The summed E-state index contributed by atoms with van der Waals surface area (Å²) in [6, 6.07) is 7.22. The lowest BCUT2D eigenvalue weighted by Crippen LogP contribution is -2.45. The average molecular weight is 402 g/mol. The number of para-hydroxylation sites is 1. The molecule has 8 nitrogen and oxygen atoms in total. The van der Waals surface area contributed by atoms with E-state index in [4.69, 9.17) is 14.2 Å². The maximum absolute atomic E-state index is 12.6. The van der Waals surface area contributed by atoms with E-state index in [0.29, 0.717) is 57.1 Å². The molecule has 0 unspecified atom stereocenters. The molecule has 8 heteroatoms. The predicted octanol–water partition coefficient (Wildman–Crippen LogP) is 0.935. The largest absolute Gasteiger partial charge is 0.486 e. The molecule has 1 aromatic carbocycles. The van der Waals surface area contributed by atoms with E-state index in [9.17, 15) is 14.4 Å². The molecule has 2 atom stereocenters. The highest BCUT2D eigenvalue weighted by atomic mass is 16.6. The summed E-state index contributed by atoms with van der Waals surface area (Å²) in [5.41, 5.74) is -0.0848. The Bertz CT molecular complexity index is 791. The number of Topliss-reactive ketones (excluding diaryl/α,β-unsaturated/α-hetero) is 1. The monoisotopic (exact) mass is 402 g/mol. The summed E-state index contributed by atoms with van der Waals surface area (Å²) in [7, 11) is 0. The minimum Gasteiger partial charge on any atom is -0.486 e. The normalized spacial score (nSPS) is 27.2. The molecule has 156 valence electrons. The van der Waals surface area contributed by atoms with Crippen LogP contribution in [0.15, 0.2) is 24.3 Å². The van der Waals surface area contributed by atoms with E-state index < -0.39 is 5.60 Å². The molecule has 2 amide bonds. The first-order chi connectivity index (χ1) is 14.0. The molecule has 3 aliphatic rings. The van der Waals surface area contributed by atoms with E-state index in [1.54, 1.807) is 17.0 Å². The van der Waals surface area contributed by atoms with Crippen molar-refractivity contribution in [2.75, 3.05) is 39.5 Å². The molecule has 1 N–H and O–H groups in total. The zero-order valence-electron chi connectivity index (χ0n) is 16.4. The third-order valence-electron chi connectivity index (χ3n) is 5.73. The van der Waals surface area contributed by atoms with Crippen LogP contribution in [-0.2, 0) is 19.1 Å². The van der Waals surface area contributed by atoms with Crippen molar-refractivity contribution in [3.05, 3.63) is 29.8 Å². The van der Waals surface area contributed by atoms with Gasteiger partial charge < -0.3 is 24.4 Å². The van der Waals surface area contributed by atoms with Gasteiger partial charge in [0.25, 0.3) is 0 Å². The Morgan fingerprint density at radius 1 is 1.21 bits per heavy atom. The van der Waals surface area contributed by atoms with Crippen molar-refractivity contribution in [3.63, 3.8) is 0 Å². The van der Waals surface area contributed by atoms with Crippen molar-refractivity contribution >= 4 is 17.6 Å². The van der Waals surface area contributed by atoms with Gasteiger partial charge in [0.2, 0.25) is 11.8 Å². The van der Waals surface area contributed by atoms with Gasteiger partial charge in [-0.15, -0.1) is 0 Å². The number of nitrogens with zero attached hydrogens (tertiary/aromatic N) is 1. The van der Waals surface area contributed by atoms with Gasteiger partial charge in [-0.05, 0) is 18.6 Å². The molecular formula is C21H26N2O6. The van der Waals surface area contributed by atoms with Gasteiger partial charge in [0.15, 0.2) is 5.78 Å². The number of fused-ring (bicyclic) bond motifs is 1. The van der Waals surface area contributed by atoms with Crippen molar-refractivity contribution < 1.29 is 28.6 Å². The molecule has 3 heterocycles. The minimum absolute atomic E-state index is 0.00692. The molecule has 0 saturated carbocycles. The summed E-state index contributed by atoms with van der Waals surface area (Å²) in [6.07, 6.45) is 1.35. The fraction of sp³-hybridized carbons (Fsp3) is 0.571. The highest BCUT2D eigenvalue weighted by molar-refractivity contribution is 6.00. The number of rotatable bonds is 4. The molecule has 1 aromatic rings. The molecule has 2 fully saturated rings. The summed E-state index contributed by atoms with van der Waals surface area (Å²) in [4.78, 5) is 39.0.